The van der Waals surface area contributed by atoms with E-state index < -0.39 is 0 Å². The van der Waals surface area contributed by atoms with Crippen LogP contribution in [-0.2, 0) is 12.8 Å². The Morgan fingerprint density at radius 3 is 2.67 bits per heavy atom. The van der Waals surface area contributed by atoms with Gasteiger partial charge in [0, 0.05) is 10.8 Å². The highest BCUT2D eigenvalue weighted by Crippen LogP contribution is 2.36. The number of benzene rings is 1. The Kier molecular flexibility index (Phi) is 4.71. The van der Waals surface area contributed by atoms with E-state index in [1.807, 2.05) is 11.3 Å². The van der Waals surface area contributed by atoms with E-state index in [9.17, 15) is 0 Å². The molecule has 1 aliphatic carbocycles. The Morgan fingerprint density at radius 1 is 1.19 bits per heavy atom. The van der Waals surface area contributed by atoms with Crippen LogP contribution in [0.5, 0.6) is 0 Å². The zero-order valence-electron chi connectivity index (χ0n) is 12.9. The summed E-state index contributed by atoms with van der Waals surface area (Å²) in [4.78, 5) is 6.50. The highest BCUT2D eigenvalue weighted by molar-refractivity contribution is 7.11. The van der Waals surface area contributed by atoms with E-state index >= 15 is 0 Å². The van der Waals surface area contributed by atoms with Gasteiger partial charge in [0.05, 0.1) is 11.7 Å². The molecule has 3 heteroatoms. The van der Waals surface area contributed by atoms with Crippen LogP contribution < -0.4 is 5.32 Å². The number of aromatic nitrogens is 1. The van der Waals surface area contributed by atoms with Gasteiger partial charge in [-0.15, -0.1) is 11.3 Å². The quantitative estimate of drug-likeness (QED) is 0.881. The van der Waals surface area contributed by atoms with Crippen molar-refractivity contribution in [1.29, 1.82) is 0 Å². The standard InChI is InChI=1S/C18H24N2S/c1-3-19-17(13(2)14-9-5-4-6-10-14)18-20-15-11-7-8-12-16(15)21-18/h4-6,9-10,13,17,19H,3,7-8,11-12H2,1-2H3. The lowest BCUT2D eigenvalue weighted by atomic mass is 9.93. The predicted octanol–water partition coefficient (Wildman–Crippen LogP) is 4.48. The molecule has 0 fully saturated rings. The molecule has 1 N–H and O–H groups in total. The lowest BCUT2D eigenvalue weighted by Gasteiger charge is -2.23. The molecule has 0 bridgehead atoms. The van der Waals surface area contributed by atoms with Gasteiger partial charge >= 0.3 is 0 Å². The molecule has 1 aromatic heterocycles. The van der Waals surface area contributed by atoms with E-state index in [2.05, 4.69) is 49.5 Å². The van der Waals surface area contributed by atoms with E-state index in [1.54, 1.807) is 0 Å². The monoisotopic (exact) mass is 300 g/mol. The number of likely N-dealkylation sites (N-methyl/N-ethyl adjacent to an activating group) is 1. The number of rotatable bonds is 5. The summed E-state index contributed by atoms with van der Waals surface area (Å²) >= 11 is 1.93. The van der Waals surface area contributed by atoms with Crippen LogP contribution in [0.4, 0.5) is 0 Å². The third-order valence-corrected chi connectivity index (χ3v) is 5.62. The van der Waals surface area contributed by atoms with Gasteiger partial charge in [-0.25, -0.2) is 4.98 Å². The Morgan fingerprint density at radius 2 is 1.95 bits per heavy atom. The van der Waals surface area contributed by atoms with Crippen molar-refractivity contribution in [3.8, 4) is 0 Å². The van der Waals surface area contributed by atoms with Crippen molar-refractivity contribution in [1.82, 2.24) is 10.3 Å². The minimum Gasteiger partial charge on any atom is -0.308 e. The first-order valence-corrected chi connectivity index (χ1v) is 8.88. The molecule has 0 aliphatic heterocycles. The second kappa shape index (κ2) is 6.71. The molecule has 0 spiro atoms. The van der Waals surface area contributed by atoms with E-state index in [4.69, 9.17) is 4.98 Å². The molecule has 1 aromatic carbocycles. The summed E-state index contributed by atoms with van der Waals surface area (Å²) in [5, 5.41) is 4.93. The van der Waals surface area contributed by atoms with Crippen LogP contribution in [0, 0.1) is 0 Å². The number of hydrogen-bond acceptors (Lipinski definition) is 3. The first-order valence-electron chi connectivity index (χ1n) is 8.06. The van der Waals surface area contributed by atoms with Gasteiger partial charge in [0.2, 0.25) is 0 Å². The number of nitrogens with one attached hydrogen (secondary N) is 1. The average molecular weight is 300 g/mol. The number of hydrogen-bond donors (Lipinski definition) is 1. The van der Waals surface area contributed by atoms with Gasteiger partial charge in [-0.05, 0) is 37.8 Å². The van der Waals surface area contributed by atoms with E-state index in [0.717, 1.165) is 6.54 Å². The normalized spacial score (nSPS) is 17.2. The fourth-order valence-electron chi connectivity index (χ4n) is 3.15. The second-order valence-electron chi connectivity index (χ2n) is 5.86. The van der Waals surface area contributed by atoms with Crippen LogP contribution in [0.25, 0.3) is 0 Å². The number of fused-ring (bicyclic) bond motifs is 1. The maximum Gasteiger partial charge on any atom is 0.111 e. The van der Waals surface area contributed by atoms with Crippen molar-refractivity contribution in [3.63, 3.8) is 0 Å². The fourth-order valence-corrected chi connectivity index (χ4v) is 4.49. The highest BCUT2D eigenvalue weighted by Gasteiger charge is 2.25. The summed E-state index contributed by atoms with van der Waals surface area (Å²) in [6.07, 6.45) is 5.03. The Labute approximate surface area is 131 Å². The van der Waals surface area contributed by atoms with Crippen LogP contribution >= 0.6 is 11.3 Å². The summed E-state index contributed by atoms with van der Waals surface area (Å²) in [6, 6.07) is 11.1. The largest absolute Gasteiger partial charge is 0.308 e. The van der Waals surface area contributed by atoms with Crippen LogP contribution in [0.15, 0.2) is 30.3 Å². The molecule has 1 heterocycles. The molecule has 0 saturated heterocycles. The Balaban J connectivity index is 1.88. The average Bonchev–Trinajstić information content (AvgIpc) is 2.96. The third-order valence-electron chi connectivity index (χ3n) is 4.38. The van der Waals surface area contributed by atoms with Gasteiger partial charge in [0.1, 0.15) is 5.01 Å². The van der Waals surface area contributed by atoms with Crippen LogP contribution in [0.2, 0.25) is 0 Å². The molecule has 1 aliphatic rings. The van der Waals surface area contributed by atoms with Crippen molar-refractivity contribution < 1.29 is 0 Å². The number of nitrogens with zero attached hydrogens (tertiary/aromatic N) is 1. The molecule has 3 rings (SSSR count). The fraction of sp³-hybridized carbons (Fsp3) is 0.500. The SMILES string of the molecule is CCNC(c1nc2c(s1)CCCC2)C(C)c1ccccc1. The van der Waals surface area contributed by atoms with Gasteiger partial charge < -0.3 is 5.32 Å². The molecule has 112 valence electrons. The smallest absolute Gasteiger partial charge is 0.111 e. The topological polar surface area (TPSA) is 24.9 Å². The maximum absolute atomic E-state index is 4.97. The molecule has 0 radical (unpaired) electrons. The molecule has 0 amide bonds. The van der Waals surface area contributed by atoms with Crippen molar-refractivity contribution in [3.05, 3.63) is 51.5 Å². The van der Waals surface area contributed by atoms with E-state index in [-0.39, 0.29) is 0 Å². The summed E-state index contributed by atoms with van der Waals surface area (Å²) in [6.45, 7) is 5.47. The first kappa shape index (κ1) is 14.7. The lowest BCUT2D eigenvalue weighted by molar-refractivity contribution is 0.476. The molecular weight excluding hydrogens is 276 g/mol. The Hall–Kier alpha value is -1.19. The minimum atomic E-state index is 0.327. The lowest BCUT2D eigenvalue weighted by Crippen LogP contribution is -2.25. The van der Waals surface area contributed by atoms with Gasteiger partial charge in [-0.1, -0.05) is 44.2 Å². The second-order valence-corrected chi connectivity index (χ2v) is 6.98. The zero-order valence-corrected chi connectivity index (χ0v) is 13.7. The van der Waals surface area contributed by atoms with Crippen LogP contribution in [0.1, 0.15) is 59.8 Å². The summed E-state index contributed by atoms with van der Waals surface area (Å²) in [7, 11) is 0. The molecular formula is C18H24N2S. The zero-order chi connectivity index (χ0) is 14.7. The van der Waals surface area contributed by atoms with Gasteiger partial charge in [-0.2, -0.15) is 0 Å². The minimum absolute atomic E-state index is 0.327. The van der Waals surface area contributed by atoms with E-state index in [1.165, 1.54) is 46.8 Å². The number of thiazole rings is 1. The first-order chi connectivity index (χ1) is 10.3. The van der Waals surface area contributed by atoms with E-state index in [0.29, 0.717) is 12.0 Å². The van der Waals surface area contributed by atoms with Crippen LogP contribution in [-0.4, -0.2) is 11.5 Å². The summed E-state index contributed by atoms with van der Waals surface area (Å²) < 4.78 is 0. The predicted molar refractivity (Wildman–Crippen MR) is 90.0 cm³/mol. The molecule has 0 saturated carbocycles. The summed E-state index contributed by atoms with van der Waals surface area (Å²) in [5.74, 6) is 0.443. The van der Waals surface area contributed by atoms with Crippen molar-refractivity contribution in [2.45, 2.75) is 51.5 Å². The van der Waals surface area contributed by atoms with Gasteiger partial charge in [-0.3, -0.25) is 0 Å². The molecule has 2 aromatic rings. The van der Waals surface area contributed by atoms with Crippen molar-refractivity contribution in [2.75, 3.05) is 6.54 Å². The molecule has 21 heavy (non-hydrogen) atoms. The van der Waals surface area contributed by atoms with Crippen LogP contribution in [0.3, 0.4) is 0 Å². The van der Waals surface area contributed by atoms with Gasteiger partial charge in [0.25, 0.3) is 0 Å². The highest BCUT2D eigenvalue weighted by atomic mass is 32.1. The van der Waals surface area contributed by atoms with Crippen molar-refractivity contribution in [2.24, 2.45) is 0 Å². The summed E-state index contributed by atoms with van der Waals surface area (Å²) in [5.41, 5.74) is 2.75. The van der Waals surface area contributed by atoms with Gasteiger partial charge in [0.15, 0.2) is 0 Å². The molecule has 2 atom stereocenters. The Bertz CT molecular complexity index is 553. The van der Waals surface area contributed by atoms with Crippen molar-refractivity contribution >= 4 is 11.3 Å². The maximum atomic E-state index is 4.97. The molecule has 2 unspecified atom stereocenters. The molecule has 2 nitrogen and oxygen atoms in total. The number of aryl methyl sites for hydroxylation is 2. The third kappa shape index (κ3) is 3.19.